The lowest BCUT2D eigenvalue weighted by Gasteiger charge is -2.16. The number of aromatic nitrogens is 2. The first-order valence-corrected chi connectivity index (χ1v) is 12.7. The topological polar surface area (TPSA) is 134 Å². The van der Waals surface area contributed by atoms with Gasteiger partial charge in [-0.1, -0.05) is 6.07 Å². The summed E-state index contributed by atoms with van der Waals surface area (Å²) in [6, 6.07) is 2.54. The van der Waals surface area contributed by atoms with Crippen molar-refractivity contribution in [3.8, 4) is 0 Å². The number of nitrogens with zero attached hydrogens (tertiary/aromatic N) is 3. The molecule has 33 heavy (non-hydrogen) atoms. The Kier molecular flexibility index (Phi) is 5.40. The van der Waals surface area contributed by atoms with Gasteiger partial charge >= 0.3 is 6.03 Å². The van der Waals surface area contributed by atoms with Crippen molar-refractivity contribution in [2.75, 3.05) is 18.4 Å². The maximum atomic E-state index is 12.8. The van der Waals surface area contributed by atoms with E-state index in [9.17, 15) is 23.1 Å². The number of rotatable bonds is 4. The number of aliphatic hydroxyl groups excluding tert-OH is 1. The summed E-state index contributed by atoms with van der Waals surface area (Å²) in [5.41, 5.74) is 5.48. The van der Waals surface area contributed by atoms with Gasteiger partial charge in [-0.05, 0) is 67.2 Å². The molecule has 1 atom stereocenters. The lowest BCUT2D eigenvalue weighted by molar-refractivity contribution is 0.0754. The average Bonchev–Trinajstić information content (AvgIpc) is 3.53. The second-order valence-corrected chi connectivity index (χ2v) is 10.6. The van der Waals surface area contributed by atoms with Gasteiger partial charge < -0.3 is 15.3 Å². The zero-order valence-electron chi connectivity index (χ0n) is 18.4. The number of nitrogens with one attached hydrogen (secondary N) is 2. The molecule has 3 N–H and O–H groups in total. The molecule has 1 aliphatic heterocycles. The van der Waals surface area contributed by atoms with Crippen LogP contribution in [0.5, 0.6) is 0 Å². The smallest absolute Gasteiger partial charge is 0.333 e. The Hall–Kier alpha value is -2.92. The lowest BCUT2D eigenvalue weighted by atomic mass is 9.99. The predicted octanol–water partition coefficient (Wildman–Crippen LogP) is 1.11. The van der Waals surface area contributed by atoms with Gasteiger partial charge in [0.05, 0.1) is 6.10 Å². The standard InChI is InChI=1S/C22H27N5O5S/c1-26-18(21(29)27-9-8-15(28)12-27)11-19(24-26)33(31,32)25-22(30)23-20-16-6-2-4-13(16)10-14-5-3-7-17(14)20/h10-11,15,28H,2-9,12H2,1H3,(H2,23,25,30). The van der Waals surface area contributed by atoms with E-state index in [0.717, 1.165) is 61.4 Å². The van der Waals surface area contributed by atoms with E-state index in [-0.39, 0.29) is 12.2 Å². The summed E-state index contributed by atoms with van der Waals surface area (Å²) in [4.78, 5) is 26.9. The van der Waals surface area contributed by atoms with Crippen molar-refractivity contribution in [1.29, 1.82) is 0 Å². The summed E-state index contributed by atoms with van der Waals surface area (Å²) in [6.45, 7) is 0.581. The van der Waals surface area contributed by atoms with Crippen LogP contribution >= 0.6 is 0 Å². The number of carbonyl (C=O) groups is 2. The van der Waals surface area contributed by atoms with Gasteiger partial charge in [-0.15, -0.1) is 0 Å². The predicted molar refractivity (Wildman–Crippen MR) is 120 cm³/mol. The fourth-order valence-electron chi connectivity index (χ4n) is 5.14. The van der Waals surface area contributed by atoms with Crippen molar-refractivity contribution < 1.29 is 23.1 Å². The summed E-state index contributed by atoms with van der Waals surface area (Å²) in [7, 11) is -2.82. The molecule has 0 spiro atoms. The number of aliphatic hydroxyl groups is 1. The second-order valence-electron chi connectivity index (χ2n) is 8.98. The molecule has 1 unspecified atom stereocenters. The molecule has 2 aliphatic carbocycles. The Morgan fingerprint density at radius 2 is 1.76 bits per heavy atom. The van der Waals surface area contributed by atoms with Gasteiger partial charge in [-0.3, -0.25) is 9.48 Å². The van der Waals surface area contributed by atoms with Crippen LogP contribution in [0.2, 0.25) is 0 Å². The number of sulfonamides is 1. The number of anilines is 1. The van der Waals surface area contributed by atoms with Crippen molar-refractivity contribution in [1.82, 2.24) is 19.4 Å². The summed E-state index contributed by atoms with van der Waals surface area (Å²) >= 11 is 0. The molecule has 5 rings (SSSR count). The van der Waals surface area contributed by atoms with Crippen molar-refractivity contribution in [2.45, 2.75) is 56.1 Å². The number of carbonyl (C=O) groups excluding carboxylic acids is 2. The summed E-state index contributed by atoms with van der Waals surface area (Å²) in [6.07, 6.45) is 5.59. The molecule has 0 bridgehead atoms. The zero-order valence-corrected chi connectivity index (χ0v) is 19.2. The number of aryl methyl sites for hydroxylation is 3. The molecule has 3 aliphatic rings. The van der Waals surface area contributed by atoms with Crippen LogP contribution in [-0.2, 0) is 42.8 Å². The monoisotopic (exact) mass is 473 g/mol. The van der Waals surface area contributed by atoms with E-state index in [1.165, 1.54) is 27.8 Å². The molecule has 1 aromatic carbocycles. The number of hydrogen-bond acceptors (Lipinski definition) is 6. The third kappa shape index (κ3) is 3.99. The van der Waals surface area contributed by atoms with Gasteiger partial charge in [-0.2, -0.15) is 13.5 Å². The maximum Gasteiger partial charge on any atom is 0.333 e. The second kappa shape index (κ2) is 8.14. The molecule has 2 aromatic rings. The molecule has 10 nitrogen and oxygen atoms in total. The molecule has 1 aromatic heterocycles. The number of amides is 3. The van der Waals surface area contributed by atoms with Crippen LogP contribution < -0.4 is 10.0 Å². The number of fused-ring (bicyclic) bond motifs is 2. The molecular formula is C22H27N5O5S. The van der Waals surface area contributed by atoms with Gasteiger partial charge in [0, 0.05) is 31.9 Å². The van der Waals surface area contributed by atoms with Crippen LogP contribution in [0.25, 0.3) is 0 Å². The fourth-order valence-corrected chi connectivity index (χ4v) is 6.04. The molecule has 1 saturated heterocycles. The quantitative estimate of drug-likeness (QED) is 0.609. The van der Waals surface area contributed by atoms with Crippen LogP contribution in [0.4, 0.5) is 10.5 Å². The highest BCUT2D eigenvalue weighted by Gasteiger charge is 2.31. The number of urea groups is 1. The summed E-state index contributed by atoms with van der Waals surface area (Å²) in [5.74, 6) is -0.414. The van der Waals surface area contributed by atoms with Crippen LogP contribution in [0, 0.1) is 0 Å². The van der Waals surface area contributed by atoms with Crippen molar-refractivity contribution in [3.63, 3.8) is 0 Å². The van der Waals surface area contributed by atoms with Gasteiger partial charge in [0.1, 0.15) is 5.69 Å². The number of benzene rings is 1. The molecule has 1 fully saturated rings. The van der Waals surface area contributed by atoms with Crippen molar-refractivity contribution >= 4 is 27.6 Å². The normalized spacial score (nSPS) is 19.5. The largest absolute Gasteiger partial charge is 0.391 e. The van der Waals surface area contributed by atoms with Gasteiger partial charge in [0.2, 0.25) is 0 Å². The van der Waals surface area contributed by atoms with E-state index in [2.05, 4.69) is 16.5 Å². The average molecular weight is 474 g/mol. The highest BCUT2D eigenvalue weighted by molar-refractivity contribution is 7.90. The Morgan fingerprint density at radius 1 is 1.09 bits per heavy atom. The number of likely N-dealkylation sites (tertiary alicyclic amines) is 1. The van der Waals surface area contributed by atoms with Crippen LogP contribution in [0.15, 0.2) is 17.2 Å². The third-order valence-corrected chi connectivity index (χ3v) is 7.95. The molecule has 3 amide bonds. The molecule has 2 heterocycles. The van der Waals surface area contributed by atoms with E-state index in [4.69, 9.17) is 0 Å². The van der Waals surface area contributed by atoms with E-state index in [0.29, 0.717) is 13.0 Å². The van der Waals surface area contributed by atoms with Crippen LogP contribution in [-0.4, -0.2) is 59.3 Å². The Balaban J connectivity index is 1.34. The Labute approximate surface area is 192 Å². The minimum absolute atomic E-state index is 0.0728. The van der Waals surface area contributed by atoms with Crippen LogP contribution in [0.1, 0.15) is 52.0 Å². The zero-order chi connectivity index (χ0) is 23.3. The van der Waals surface area contributed by atoms with E-state index in [1.54, 1.807) is 0 Å². The van der Waals surface area contributed by atoms with Crippen LogP contribution in [0.3, 0.4) is 0 Å². The lowest BCUT2D eigenvalue weighted by Crippen LogP contribution is -2.35. The first-order chi connectivity index (χ1) is 15.7. The number of hydrogen-bond donors (Lipinski definition) is 3. The fraction of sp³-hybridized carbons (Fsp3) is 0.500. The highest BCUT2D eigenvalue weighted by Crippen LogP contribution is 2.38. The number of β-amino-alcohol motifs (C(OH)–C–C–N with tert-alkyl or cyclic N) is 1. The Morgan fingerprint density at radius 3 is 2.36 bits per heavy atom. The third-order valence-electron chi connectivity index (χ3n) is 6.74. The van der Waals surface area contributed by atoms with E-state index < -0.39 is 33.1 Å². The van der Waals surface area contributed by atoms with Gasteiger partial charge in [0.25, 0.3) is 15.9 Å². The first-order valence-electron chi connectivity index (χ1n) is 11.2. The first kappa shape index (κ1) is 21.9. The molecule has 0 saturated carbocycles. The molecule has 11 heteroatoms. The van der Waals surface area contributed by atoms with E-state index in [1.807, 2.05) is 4.72 Å². The molecule has 0 radical (unpaired) electrons. The van der Waals surface area contributed by atoms with Gasteiger partial charge in [0.15, 0.2) is 5.03 Å². The maximum absolute atomic E-state index is 12.8. The summed E-state index contributed by atoms with van der Waals surface area (Å²) < 4.78 is 28.9. The van der Waals surface area contributed by atoms with E-state index >= 15 is 0 Å². The highest BCUT2D eigenvalue weighted by atomic mass is 32.2. The van der Waals surface area contributed by atoms with Gasteiger partial charge in [-0.25, -0.2) is 9.52 Å². The molecule has 176 valence electrons. The minimum Gasteiger partial charge on any atom is -0.391 e. The molecular weight excluding hydrogens is 446 g/mol. The Bertz CT molecular complexity index is 1220. The summed E-state index contributed by atoms with van der Waals surface area (Å²) in [5, 5.41) is 16.0. The van der Waals surface area contributed by atoms with Crippen molar-refractivity contribution in [3.05, 3.63) is 40.1 Å². The SMILES string of the molecule is Cn1nc(S(=O)(=O)NC(=O)Nc2c3c(cc4c2CCC4)CCC3)cc1C(=O)N1CCC(O)C1. The van der Waals surface area contributed by atoms with Crippen molar-refractivity contribution in [2.24, 2.45) is 7.05 Å². The minimum atomic E-state index is -4.29.